The van der Waals surface area contributed by atoms with Gasteiger partial charge in [0.1, 0.15) is 0 Å². The maximum Gasteiger partial charge on any atom is 0.278 e. The molecular weight excluding hydrogens is 368 g/mol. The van der Waals surface area contributed by atoms with Gasteiger partial charge in [-0.3, -0.25) is 14.7 Å². The van der Waals surface area contributed by atoms with Gasteiger partial charge in [0.25, 0.3) is 11.4 Å². The van der Waals surface area contributed by atoms with Gasteiger partial charge in [0, 0.05) is 11.3 Å². The highest BCUT2D eigenvalue weighted by Crippen LogP contribution is 2.22. The molecule has 7 heteroatoms. The zero-order valence-electron chi connectivity index (χ0n) is 15.9. The van der Waals surface area contributed by atoms with Crippen LogP contribution in [0.15, 0.2) is 70.0 Å². The number of nitrogens with one attached hydrogen (secondary N) is 1. The van der Waals surface area contributed by atoms with Gasteiger partial charge in [-0.1, -0.05) is 53.7 Å². The molecule has 1 N–H and O–H groups in total. The fourth-order valence-electron chi connectivity index (χ4n) is 2.98. The first-order chi connectivity index (χ1) is 14.0. The van der Waals surface area contributed by atoms with E-state index in [9.17, 15) is 9.59 Å². The Balaban J connectivity index is 1.78. The second kappa shape index (κ2) is 7.55. The molecular formula is C22H18N4O3. The summed E-state index contributed by atoms with van der Waals surface area (Å²) in [4.78, 5) is 29.5. The van der Waals surface area contributed by atoms with E-state index in [0.717, 1.165) is 5.56 Å². The number of carbonyl (C=O) groups excluding carboxylic acids is 1. The predicted molar refractivity (Wildman–Crippen MR) is 109 cm³/mol. The van der Waals surface area contributed by atoms with Crippen LogP contribution in [0.2, 0.25) is 0 Å². The van der Waals surface area contributed by atoms with E-state index < -0.39 is 0 Å². The van der Waals surface area contributed by atoms with Crippen molar-refractivity contribution in [3.05, 3.63) is 88.2 Å². The summed E-state index contributed by atoms with van der Waals surface area (Å²) in [5.74, 6) is 0.169. The fourth-order valence-corrected chi connectivity index (χ4v) is 2.98. The molecule has 0 amide bonds. The van der Waals surface area contributed by atoms with Crippen LogP contribution in [0.25, 0.3) is 28.7 Å². The van der Waals surface area contributed by atoms with Crippen molar-refractivity contribution in [2.75, 3.05) is 0 Å². The van der Waals surface area contributed by atoms with Crippen molar-refractivity contribution in [3.8, 4) is 17.1 Å². The normalized spacial score (nSPS) is 11.6. The Labute approximate surface area is 166 Å². The number of hydrogen-bond donors (Lipinski definition) is 1. The van der Waals surface area contributed by atoms with E-state index in [-0.39, 0.29) is 22.8 Å². The molecule has 0 aliphatic rings. The van der Waals surface area contributed by atoms with Crippen LogP contribution >= 0.6 is 0 Å². The molecule has 0 radical (unpaired) electrons. The van der Waals surface area contributed by atoms with Gasteiger partial charge in [-0.05, 0) is 32.1 Å². The summed E-state index contributed by atoms with van der Waals surface area (Å²) in [7, 11) is 0. The number of nitrogens with zero attached hydrogens (tertiary/aromatic N) is 3. The second-order valence-electron chi connectivity index (χ2n) is 6.53. The molecule has 0 saturated carbocycles. The van der Waals surface area contributed by atoms with Crippen LogP contribution in [-0.4, -0.2) is 25.7 Å². The minimum Gasteiger partial charge on any atom is -0.333 e. The van der Waals surface area contributed by atoms with Crippen LogP contribution in [0.4, 0.5) is 0 Å². The minimum atomic E-state index is -0.278. The first-order valence-electron chi connectivity index (χ1n) is 9.04. The average Bonchev–Trinajstić information content (AvgIpc) is 3.33. The molecule has 0 bridgehead atoms. The maximum absolute atomic E-state index is 12.9. The molecule has 4 rings (SSSR count). The zero-order valence-corrected chi connectivity index (χ0v) is 15.9. The Morgan fingerprint density at radius 1 is 1.07 bits per heavy atom. The molecule has 144 valence electrons. The number of aromatic nitrogens is 4. The molecule has 0 aliphatic heterocycles. The van der Waals surface area contributed by atoms with Gasteiger partial charge in [0.05, 0.1) is 16.8 Å². The van der Waals surface area contributed by atoms with Gasteiger partial charge in [0.2, 0.25) is 5.82 Å². The number of H-pyrrole nitrogens is 1. The van der Waals surface area contributed by atoms with Crippen LogP contribution in [0.3, 0.4) is 0 Å². The number of carbonyl (C=O) groups is 1. The van der Waals surface area contributed by atoms with E-state index >= 15 is 0 Å². The Bertz CT molecular complexity index is 1250. The van der Waals surface area contributed by atoms with Crippen molar-refractivity contribution in [1.29, 1.82) is 0 Å². The van der Waals surface area contributed by atoms with Crippen molar-refractivity contribution in [2.24, 2.45) is 0 Å². The highest BCUT2D eigenvalue weighted by molar-refractivity contribution is 6.23. The molecule has 0 unspecified atom stereocenters. The van der Waals surface area contributed by atoms with Crippen molar-refractivity contribution in [1.82, 2.24) is 19.9 Å². The highest BCUT2D eigenvalue weighted by atomic mass is 16.5. The quantitative estimate of drug-likeness (QED) is 0.528. The van der Waals surface area contributed by atoms with E-state index in [1.807, 2.05) is 60.7 Å². The summed E-state index contributed by atoms with van der Waals surface area (Å²) in [6.07, 6.45) is 1.50. The Morgan fingerprint density at radius 2 is 1.72 bits per heavy atom. The Kier molecular flexibility index (Phi) is 4.78. The third-order valence-corrected chi connectivity index (χ3v) is 4.49. The van der Waals surface area contributed by atoms with Gasteiger partial charge < -0.3 is 4.52 Å². The van der Waals surface area contributed by atoms with Crippen LogP contribution < -0.4 is 5.56 Å². The molecule has 29 heavy (non-hydrogen) atoms. The predicted octanol–water partition coefficient (Wildman–Crippen LogP) is 3.65. The van der Waals surface area contributed by atoms with Crippen LogP contribution in [0.1, 0.15) is 24.1 Å². The van der Waals surface area contributed by atoms with Crippen molar-refractivity contribution in [2.45, 2.75) is 13.8 Å². The zero-order chi connectivity index (χ0) is 20.4. The number of aromatic amines is 1. The lowest BCUT2D eigenvalue weighted by Crippen LogP contribution is -2.16. The molecule has 4 aromatic rings. The number of ketones is 1. The van der Waals surface area contributed by atoms with E-state index in [1.165, 1.54) is 17.7 Å². The lowest BCUT2D eigenvalue weighted by molar-refractivity contribution is -0.111. The number of hydrogen-bond acceptors (Lipinski definition) is 5. The van der Waals surface area contributed by atoms with Gasteiger partial charge in [0.15, 0.2) is 5.78 Å². The number of allylic oxidation sites excluding steroid dienone is 1. The summed E-state index contributed by atoms with van der Waals surface area (Å²) in [5.41, 5.74) is 2.37. The Morgan fingerprint density at radius 3 is 2.38 bits per heavy atom. The minimum absolute atomic E-state index is 0.0719. The number of rotatable bonds is 5. The summed E-state index contributed by atoms with van der Waals surface area (Å²) in [6.45, 7) is 3.17. The molecule has 0 aliphatic carbocycles. The molecule has 2 heterocycles. The standard InChI is InChI=1S/C22H18N4O3/c1-14-18(22(28)26(24-14)17-11-7-4-8-12-17)13-19(15(2)27)21-23-20(25-29-21)16-9-5-3-6-10-16/h3-13,24H,1-2H3. The second-order valence-corrected chi connectivity index (χ2v) is 6.53. The van der Waals surface area contributed by atoms with Gasteiger partial charge in [-0.15, -0.1) is 0 Å². The molecule has 0 saturated heterocycles. The average molecular weight is 386 g/mol. The number of benzene rings is 2. The first-order valence-corrected chi connectivity index (χ1v) is 9.04. The molecule has 0 atom stereocenters. The van der Waals surface area contributed by atoms with Gasteiger partial charge >= 0.3 is 0 Å². The van der Waals surface area contributed by atoms with E-state index in [2.05, 4.69) is 15.2 Å². The van der Waals surface area contributed by atoms with Gasteiger partial charge in [-0.25, -0.2) is 4.68 Å². The summed E-state index contributed by atoms with van der Waals surface area (Å²) in [5, 5.41) is 7.00. The largest absolute Gasteiger partial charge is 0.333 e. The first kappa shape index (κ1) is 18.4. The van der Waals surface area contributed by atoms with Crippen LogP contribution in [0, 0.1) is 6.92 Å². The Hall–Kier alpha value is -4.00. The molecule has 7 nitrogen and oxygen atoms in total. The van der Waals surface area contributed by atoms with E-state index in [4.69, 9.17) is 4.52 Å². The SMILES string of the molecule is CC(=O)C(=Cc1c(C)[nH]n(-c2ccccc2)c1=O)c1nc(-c2ccccc2)no1. The smallest absolute Gasteiger partial charge is 0.278 e. The molecule has 2 aromatic carbocycles. The molecule has 0 fully saturated rings. The van der Waals surface area contributed by atoms with Crippen molar-refractivity contribution in [3.63, 3.8) is 0 Å². The molecule has 2 aromatic heterocycles. The van der Waals surface area contributed by atoms with E-state index in [0.29, 0.717) is 22.8 Å². The topological polar surface area (TPSA) is 93.8 Å². The van der Waals surface area contributed by atoms with Gasteiger partial charge in [-0.2, -0.15) is 4.98 Å². The monoisotopic (exact) mass is 386 g/mol. The lowest BCUT2D eigenvalue weighted by Gasteiger charge is -1.99. The van der Waals surface area contributed by atoms with Crippen molar-refractivity contribution >= 4 is 17.4 Å². The number of aryl methyl sites for hydroxylation is 1. The number of para-hydroxylation sites is 1. The maximum atomic E-state index is 12.9. The number of Topliss-reactive ketones (excluding diaryl/α,β-unsaturated/α-hetero) is 1. The lowest BCUT2D eigenvalue weighted by atomic mass is 10.1. The van der Waals surface area contributed by atoms with E-state index in [1.54, 1.807) is 6.92 Å². The summed E-state index contributed by atoms with van der Waals surface area (Å²) in [6, 6.07) is 18.5. The molecule has 0 spiro atoms. The summed E-state index contributed by atoms with van der Waals surface area (Å²) < 4.78 is 6.75. The van der Waals surface area contributed by atoms with Crippen molar-refractivity contribution < 1.29 is 9.32 Å². The van der Waals surface area contributed by atoms with Crippen LogP contribution in [-0.2, 0) is 4.79 Å². The fraction of sp³-hybridized carbons (Fsp3) is 0.0909. The highest BCUT2D eigenvalue weighted by Gasteiger charge is 2.19. The third-order valence-electron chi connectivity index (χ3n) is 4.49. The van der Waals surface area contributed by atoms with Crippen LogP contribution in [0.5, 0.6) is 0 Å². The summed E-state index contributed by atoms with van der Waals surface area (Å²) >= 11 is 0. The third kappa shape index (κ3) is 3.58.